The molecular formula is C25H29N5O6. The second kappa shape index (κ2) is 10.3. The number of rotatable bonds is 7. The van der Waals surface area contributed by atoms with Crippen molar-refractivity contribution in [2.45, 2.75) is 6.10 Å². The van der Waals surface area contributed by atoms with Gasteiger partial charge >= 0.3 is 6.01 Å². The van der Waals surface area contributed by atoms with E-state index in [9.17, 15) is 4.79 Å². The van der Waals surface area contributed by atoms with Gasteiger partial charge in [0.15, 0.2) is 23.0 Å². The molecule has 1 amide bonds. The van der Waals surface area contributed by atoms with E-state index in [2.05, 4.69) is 14.9 Å². The summed E-state index contributed by atoms with van der Waals surface area (Å²) in [4.78, 5) is 25.7. The van der Waals surface area contributed by atoms with Crippen LogP contribution in [0.1, 0.15) is 0 Å². The molecule has 2 aliphatic rings. The molecule has 11 heteroatoms. The van der Waals surface area contributed by atoms with Gasteiger partial charge in [-0.2, -0.15) is 9.97 Å². The van der Waals surface area contributed by atoms with Crippen LogP contribution < -0.4 is 29.4 Å². The van der Waals surface area contributed by atoms with E-state index < -0.39 is 6.10 Å². The van der Waals surface area contributed by atoms with E-state index >= 15 is 0 Å². The van der Waals surface area contributed by atoms with Gasteiger partial charge in [0, 0.05) is 44.2 Å². The zero-order chi connectivity index (χ0) is 25.1. The number of nitrogens with two attached hydrogens (primary N) is 1. The third-order valence-electron chi connectivity index (χ3n) is 6.32. The van der Waals surface area contributed by atoms with E-state index in [4.69, 9.17) is 29.4 Å². The van der Waals surface area contributed by atoms with E-state index in [0.717, 1.165) is 13.1 Å². The molecule has 0 radical (unpaired) electrons. The number of benzene rings is 2. The Bertz CT molecular complexity index is 1250. The summed E-state index contributed by atoms with van der Waals surface area (Å²) in [5.41, 5.74) is 6.73. The minimum absolute atomic E-state index is 0.0486. The fourth-order valence-electron chi connectivity index (χ4n) is 4.32. The molecule has 1 aromatic heterocycles. The molecule has 2 N–H and O–H groups in total. The van der Waals surface area contributed by atoms with Gasteiger partial charge in [0.25, 0.3) is 5.91 Å². The van der Waals surface area contributed by atoms with Crippen molar-refractivity contribution >= 4 is 22.6 Å². The van der Waals surface area contributed by atoms with Crippen LogP contribution in [0.15, 0.2) is 36.4 Å². The van der Waals surface area contributed by atoms with Gasteiger partial charge in [0.1, 0.15) is 19.0 Å². The molecule has 36 heavy (non-hydrogen) atoms. The summed E-state index contributed by atoms with van der Waals surface area (Å²) >= 11 is 0. The second-order valence-corrected chi connectivity index (χ2v) is 8.50. The van der Waals surface area contributed by atoms with E-state index in [-0.39, 0.29) is 18.5 Å². The highest BCUT2D eigenvalue weighted by Gasteiger charge is 2.32. The number of carbonyl (C=O) groups is 1. The number of hydrogen-bond donors (Lipinski definition) is 1. The van der Waals surface area contributed by atoms with Crippen molar-refractivity contribution in [3.8, 4) is 29.0 Å². The number of carbonyl (C=O) groups excluding carboxylic acids is 1. The zero-order valence-corrected chi connectivity index (χ0v) is 20.3. The molecular weight excluding hydrogens is 466 g/mol. The predicted molar refractivity (Wildman–Crippen MR) is 132 cm³/mol. The number of nitrogen functional groups attached to an aromatic ring is 1. The maximum Gasteiger partial charge on any atom is 0.318 e. The average Bonchev–Trinajstić information content (AvgIpc) is 2.92. The number of ether oxygens (including phenoxy) is 5. The number of para-hydroxylation sites is 2. The fraction of sp³-hybridized carbons (Fsp3) is 0.400. The van der Waals surface area contributed by atoms with Gasteiger partial charge in [-0.1, -0.05) is 12.1 Å². The van der Waals surface area contributed by atoms with Gasteiger partial charge < -0.3 is 34.3 Å². The van der Waals surface area contributed by atoms with E-state index in [0.29, 0.717) is 66.0 Å². The first-order valence-electron chi connectivity index (χ1n) is 11.8. The van der Waals surface area contributed by atoms with Gasteiger partial charge in [0.05, 0.1) is 19.7 Å². The highest BCUT2D eigenvalue weighted by Crippen LogP contribution is 2.34. The molecule has 1 saturated heterocycles. The van der Waals surface area contributed by atoms with Crippen molar-refractivity contribution in [3.63, 3.8) is 0 Å². The molecule has 0 spiro atoms. The molecule has 0 aliphatic carbocycles. The number of aromatic nitrogens is 2. The normalized spacial score (nSPS) is 17.6. The Morgan fingerprint density at radius 2 is 1.78 bits per heavy atom. The Labute approximate surface area is 208 Å². The van der Waals surface area contributed by atoms with Gasteiger partial charge in [-0.05, 0) is 18.2 Å². The Morgan fingerprint density at radius 1 is 1.06 bits per heavy atom. The van der Waals surface area contributed by atoms with Crippen LogP contribution in [0, 0.1) is 0 Å². The molecule has 3 aromatic rings. The molecule has 5 rings (SSSR count). The van der Waals surface area contributed by atoms with E-state index in [1.807, 2.05) is 29.2 Å². The molecule has 1 unspecified atom stereocenters. The summed E-state index contributed by atoms with van der Waals surface area (Å²) in [5.74, 6) is 2.64. The highest BCUT2D eigenvalue weighted by atomic mass is 16.6. The van der Waals surface area contributed by atoms with Crippen LogP contribution in [-0.2, 0) is 4.79 Å². The summed E-state index contributed by atoms with van der Waals surface area (Å²) in [5, 5.41) is 0.664. The summed E-state index contributed by atoms with van der Waals surface area (Å²) in [7, 11) is 3.12. The molecule has 0 saturated carbocycles. The number of anilines is 1. The number of hydrogen-bond acceptors (Lipinski definition) is 10. The number of methoxy groups -OCH3 is 2. The van der Waals surface area contributed by atoms with Gasteiger partial charge in [-0.15, -0.1) is 0 Å². The lowest BCUT2D eigenvalue weighted by Crippen LogP contribution is -2.54. The van der Waals surface area contributed by atoms with Crippen LogP contribution in [0.3, 0.4) is 0 Å². The molecule has 2 aliphatic heterocycles. The smallest absolute Gasteiger partial charge is 0.318 e. The third kappa shape index (κ3) is 4.87. The monoisotopic (exact) mass is 495 g/mol. The standard InChI is InChI=1S/C25H29N5O6/c1-32-20-13-16-17(14-21(20)33-2)27-25(28-23(16)26)34-12-11-29-7-9-30(10-8-29)24(31)22-15-35-18-5-3-4-6-19(18)36-22/h3-6,13-14,22H,7-12,15H2,1-2H3,(H2,26,27,28). The van der Waals surface area contributed by atoms with Crippen molar-refractivity contribution in [2.75, 3.05) is 65.9 Å². The Hall–Kier alpha value is -3.99. The Morgan fingerprint density at radius 3 is 2.53 bits per heavy atom. The Balaban J connectivity index is 1.12. The Kier molecular flexibility index (Phi) is 6.81. The van der Waals surface area contributed by atoms with Crippen molar-refractivity contribution in [1.29, 1.82) is 0 Å². The van der Waals surface area contributed by atoms with Crippen LogP contribution in [0.2, 0.25) is 0 Å². The van der Waals surface area contributed by atoms with Gasteiger partial charge in [0.2, 0.25) is 6.10 Å². The maximum absolute atomic E-state index is 12.9. The maximum atomic E-state index is 12.9. The summed E-state index contributed by atoms with van der Waals surface area (Å²) in [6, 6.07) is 11.1. The molecule has 1 fully saturated rings. The molecule has 190 valence electrons. The molecule has 0 bridgehead atoms. The van der Waals surface area contributed by atoms with E-state index in [1.165, 1.54) is 0 Å². The highest BCUT2D eigenvalue weighted by molar-refractivity contribution is 5.91. The number of piperazine rings is 1. The molecule has 11 nitrogen and oxygen atoms in total. The SMILES string of the molecule is COc1cc2nc(OCCN3CCN(C(=O)C4COc5ccccc5O4)CC3)nc(N)c2cc1OC. The van der Waals surface area contributed by atoms with E-state index in [1.54, 1.807) is 26.4 Å². The zero-order valence-electron chi connectivity index (χ0n) is 20.3. The summed E-state index contributed by atoms with van der Waals surface area (Å²) < 4.78 is 28.0. The summed E-state index contributed by atoms with van der Waals surface area (Å²) in [6.45, 7) is 3.97. The van der Waals surface area contributed by atoms with Crippen molar-refractivity contribution in [3.05, 3.63) is 36.4 Å². The minimum atomic E-state index is -0.621. The first-order valence-corrected chi connectivity index (χ1v) is 11.8. The first-order chi connectivity index (χ1) is 17.6. The van der Waals surface area contributed by atoms with Crippen molar-refractivity contribution < 1.29 is 28.5 Å². The molecule has 3 heterocycles. The lowest BCUT2D eigenvalue weighted by molar-refractivity contribution is -0.143. The van der Waals surface area contributed by atoms with Crippen molar-refractivity contribution in [1.82, 2.24) is 19.8 Å². The number of amides is 1. The average molecular weight is 496 g/mol. The van der Waals surface area contributed by atoms with Crippen LogP contribution >= 0.6 is 0 Å². The quantitative estimate of drug-likeness (QED) is 0.517. The van der Waals surface area contributed by atoms with Crippen LogP contribution in [0.4, 0.5) is 5.82 Å². The fourth-order valence-corrected chi connectivity index (χ4v) is 4.32. The van der Waals surface area contributed by atoms with Crippen LogP contribution in [-0.4, -0.2) is 91.9 Å². The van der Waals surface area contributed by atoms with Crippen LogP contribution in [0.5, 0.6) is 29.0 Å². The molecule has 2 aromatic carbocycles. The lowest BCUT2D eigenvalue weighted by atomic mass is 10.2. The molecule has 1 atom stereocenters. The predicted octanol–water partition coefficient (Wildman–Crippen LogP) is 1.59. The number of nitrogens with zero attached hydrogens (tertiary/aromatic N) is 4. The van der Waals surface area contributed by atoms with Crippen molar-refractivity contribution in [2.24, 2.45) is 0 Å². The van der Waals surface area contributed by atoms with Crippen LogP contribution in [0.25, 0.3) is 10.9 Å². The minimum Gasteiger partial charge on any atom is -0.493 e. The largest absolute Gasteiger partial charge is 0.493 e. The van der Waals surface area contributed by atoms with Gasteiger partial charge in [-0.3, -0.25) is 9.69 Å². The second-order valence-electron chi connectivity index (χ2n) is 8.50. The lowest BCUT2D eigenvalue weighted by Gasteiger charge is -2.37. The van der Waals surface area contributed by atoms with Gasteiger partial charge in [-0.25, -0.2) is 0 Å². The topological polar surface area (TPSA) is 122 Å². The summed E-state index contributed by atoms with van der Waals surface area (Å²) in [6.07, 6.45) is -0.621. The first kappa shape index (κ1) is 23.7. The number of fused-ring (bicyclic) bond motifs is 2. The third-order valence-corrected chi connectivity index (χ3v) is 6.32.